The molecule has 2 aromatic rings. The van der Waals surface area contributed by atoms with Crippen molar-refractivity contribution in [2.45, 2.75) is 32.2 Å². The fourth-order valence-corrected chi connectivity index (χ4v) is 4.33. The molecule has 26 heavy (non-hydrogen) atoms. The fraction of sp³-hybridized carbons (Fsp3) is 0.450. The molecule has 1 aromatic carbocycles. The Balaban J connectivity index is 0.00000243. The predicted octanol–water partition coefficient (Wildman–Crippen LogP) is 3.98. The highest BCUT2D eigenvalue weighted by Gasteiger charge is 2.29. The van der Waals surface area contributed by atoms with Gasteiger partial charge in [-0.15, -0.1) is 23.7 Å². The SMILES string of the molecule is COc1ccccc1C1CNCCN1C(=O)CCCc1ccc(C)s1.Cl. The summed E-state index contributed by atoms with van der Waals surface area (Å²) in [6, 6.07) is 12.4. The van der Waals surface area contributed by atoms with Crippen molar-refractivity contribution in [2.75, 3.05) is 26.7 Å². The number of halogens is 1. The van der Waals surface area contributed by atoms with Crippen LogP contribution in [-0.2, 0) is 11.2 Å². The van der Waals surface area contributed by atoms with Crippen LogP contribution in [0.5, 0.6) is 5.75 Å². The number of rotatable bonds is 6. The second kappa shape index (κ2) is 9.95. The average Bonchev–Trinajstić information content (AvgIpc) is 3.06. The van der Waals surface area contributed by atoms with E-state index in [-0.39, 0.29) is 24.4 Å². The molecule has 0 spiro atoms. The van der Waals surface area contributed by atoms with Gasteiger partial charge in [-0.25, -0.2) is 0 Å². The van der Waals surface area contributed by atoms with E-state index in [4.69, 9.17) is 4.74 Å². The first-order valence-electron chi connectivity index (χ1n) is 8.87. The molecular weight excluding hydrogens is 368 g/mol. The van der Waals surface area contributed by atoms with E-state index in [2.05, 4.69) is 30.4 Å². The normalized spacial score (nSPS) is 16.8. The lowest BCUT2D eigenvalue weighted by Gasteiger charge is -2.37. The zero-order valence-electron chi connectivity index (χ0n) is 15.4. The Kier molecular flexibility index (Phi) is 7.94. The van der Waals surface area contributed by atoms with E-state index in [9.17, 15) is 4.79 Å². The van der Waals surface area contributed by atoms with Gasteiger partial charge < -0.3 is 15.0 Å². The van der Waals surface area contributed by atoms with Gasteiger partial charge in [0.15, 0.2) is 0 Å². The van der Waals surface area contributed by atoms with Crippen molar-refractivity contribution in [1.82, 2.24) is 10.2 Å². The lowest BCUT2D eigenvalue weighted by atomic mass is 10.0. The van der Waals surface area contributed by atoms with Crippen molar-refractivity contribution >= 4 is 29.7 Å². The predicted molar refractivity (Wildman–Crippen MR) is 110 cm³/mol. The molecule has 1 aliphatic rings. The minimum absolute atomic E-state index is 0. The molecule has 0 bridgehead atoms. The molecule has 6 heteroatoms. The number of piperazine rings is 1. The van der Waals surface area contributed by atoms with Gasteiger partial charge in [0.25, 0.3) is 0 Å². The lowest BCUT2D eigenvalue weighted by molar-refractivity contribution is -0.134. The van der Waals surface area contributed by atoms with Crippen LogP contribution >= 0.6 is 23.7 Å². The Bertz CT molecular complexity index is 719. The summed E-state index contributed by atoms with van der Waals surface area (Å²) < 4.78 is 5.50. The van der Waals surface area contributed by atoms with Gasteiger partial charge in [-0.05, 0) is 38.0 Å². The molecule has 1 N–H and O–H groups in total. The molecule has 3 rings (SSSR count). The number of amides is 1. The summed E-state index contributed by atoms with van der Waals surface area (Å²) in [6.07, 6.45) is 2.49. The maximum Gasteiger partial charge on any atom is 0.223 e. The number of carbonyl (C=O) groups is 1. The van der Waals surface area contributed by atoms with Crippen molar-refractivity contribution in [3.8, 4) is 5.75 Å². The molecule has 1 aliphatic heterocycles. The third kappa shape index (κ3) is 5.00. The molecule has 0 saturated carbocycles. The van der Waals surface area contributed by atoms with Crippen molar-refractivity contribution in [3.63, 3.8) is 0 Å². The number of hydrogen-bond donors (Lipinski definition) is 1. The lowest BCUT2D eigenvalue weighted by Crippen LogP contribution is -2.48. The van der Waals surface area contributed by atoms with Crippen LogP contribution < -0.4 is 10.1 Å². The molecule has 1 unspecified atom stereocenters. The first-order chi connectivity index (χ1) is 12.2. The van der Waals surface area contributed by atoms with Gasteiger partial charge in [0, 0.05) is 41.4 Å². The highest BCUT2D eigenvalue weighted by Crippen LogP contribution is 2.30. The van der Waals surface area contributed by atoms with E-state index in [1.165, 1.54) is 9.75 Å². The number of benzene rings is 1. The zero-order chi connectivity index (χ0) is 17.6. The molecule has 1 fully saturated rings. The summed E-state index contributed by atoms with van der Waals surface area (Å²) in [4.78, 5) is 17.6. The van der Waals surface area contributed by atoms with E-state index >= 15 is 0 Å². The number of aryl methyl sites for hydroxylation is 2. The molecular formula is C20H27ClN2O2S. The Morgan fingerprint density at radius 3 is 2.85 bits per heavy atom. The van der Waals surface area contributed by atoms with Crippen LogP contribution in [0.3, 0.4) is 0 Å². The summed E-state index contributed by atoms with van der Waals surface area (Å²) in [6.45, 7) is 4.50. The van der Waals surface area contributed by atoms with Crippen molar-refractivity contribution in [3.05, 3.63) is 51.7 Å². The number of thiophene rings is 1. The third-order valence-corrected chi connectivity index (χ3v) is 5.73. The van der Waals surface area contributed by atoms with E-state index in [1.807, 2.05) is 34.4 Å². The minimum Gasteiger partial charge on any atom is -0.496 e. The molecule has 142 valence electrons. The highest BCUT2D eigenvalue weighted by atomic mass is 35.5. The Morgan fingerprint density at radius 1 is 1.31 bits per heavy atom. The van der Waals surface area contributed by atoms with E-state index < -0.39 is 0 Å². The van der Waals surface area contributed by atoms with Gasteiger partial charge in [-0.1, -0.05) is 18.2 Å². The second-order valence-electron chi connectivity index (χ2n) is 6.41. The fourth-order valence-electron chi connectivity index (χ4n) is 3.40. The molecule has 4 nitrogen and oxygen atoms in total. The Morgan fingerprint density at radius 2 is 2.12 bits per heavy atom. The molecule has 1 amide bonds. The number of para-hydroxylation sites is 1. The van der Waals surface area contributed by atoms with Gasteiger partial charge in [0.05, 0.1) is 13.2 Å². The van der Waals surface area contributed by atoms with Gasteiger partial charge in [-0.3, -0.25) is 4.79 Å². The molecule has 0 aliphatic carbocycles. The van der Waals surface area contributed by atoms with Crippen LogP contribution in [-0.4, -0.2) is 37.6 Å². The number of methoxy groups -OCH3 is 1. The Labute approximate surface area is 166 Å². The van der Waals surface area contributed by atoms with Gasteiger partial charge >= 0.3 is 0 Å². The summed E-state index contributed by atoms with van der Waals surface area (Å²) in [7, 11) is 1.68. The number of ether oxygens (including phenoxy) is 1. The summed E-state index contributed by atoms with van der Waals surface area (Å²) in [5.41, 5.74) is 1.08. The van der Waals surface area contributed by atoms with Crippen LogP contribution in [0.4, 0.5) is 0 Å². The van der Waals surface area contributed by atoms with Gasteiger partial charge in [-0.2, -0.15) is 0 Å². The largest absolute Gasteiger partial charge is 0.496 e. The number of carbonyl (C=O) groups excluding carboxylic acids is 1. The van der Waals surface area contributed by atoms with Gasteiger partial charge in [0.2, 0.25) is 5.91 Å². The van der Waals surface area contributed by atoms with Gasteiger partial charge in [0.1, 0.15) is 5.75 Å². The summed E-state index contributed by atoms with van der Waals surface area (Å²) in [5.74, 6) is 1.09. The number of hydrogen-bond acceptors (Lipinski definition) is 4. The number of nitrogens with zero attached hydrogens (tertiary/aromatic N) is 1. The zero-order valence-corrected chi connectivity index (χ0v) is 17.0. The van der Waals surface area contributed by atoms with Crippen molar-refractivity contribution < 1.29 is 9.53 Å². The van der Waals surface area contributed by atoms with Crippen LogP contribution in [0.2, 0.25) is 0 Å². The molecule has 0 radical (unpaired) electrons. The molecule has 2 heterocycles. The topological polar surface area (TPSA) is 41.6 Å². The standard InChI is InChI=1S/C20H26N2O2S.ClH/c1-15-10-11-16(25-15)6-5-9-20(23)22-13-12-21-14-18(22)17-7-3-4-8-19(17)24-2;/h3-4,7-8,10-11,18,21H,5-6,9,12-14H2,1-2H3;1H. The third-order valence-electron chi connectivity index (χ3n) is 4.67. The Hall–Kier alpha value is -1.56. The smallest absolute Gasteiger partial charge is 0.223 e. The quantitative estimate of drug-likeness (QED) is 0.805. The van der Waals surface area contributed by atoms with Crippen LogP contribution in [0.15, 0.2) is 36.4 Å². The van der Waals surface area contributed by atoms with Crippen molar-refractivity contribution in [1.29, 1.82) is 0 Å². The summed E-state index contributed by atoms with van der Waals surface area (Å²) in [5, 5.41) is 3.41. The average molecular weight is 395 g/mol. The minimum atomic E-state index is 0. The van der Waals surface area contributed by atoms with E-state index in [1.54, 1.807) is 7.11 Å². The van der Waals surface area contributed by atoms with E-state index in [0.717, 1.165) is 43.8 Å². The van der Waals surface area contributed by atoms with E-state index in [0.29, 0.717) is 6.42 Å². The molecule has 1 saturated heterocycles. The molecule has 1 aromatic heterocycles. The first kappa shape index (κ1) is 20.7. The molecule has 1 atom stereocenters. The number of nitrogens with one attached hydrogen (secondary N) is 1. The highest BCUT2D eigenvalue weighted by molar-refractivity contribution is 7.11. The first-order valence-corrected chi connectivity index (χ1v) is 9.69. The van der Waals surface area contributed by atoms with Crippen LogP contribution in [0, 0.1) is 6.92 Å². The monoisotopic (exact) mass is 394 g/mol. The maximum absolute atomic E-state index is 12.8. The van der Waals surface area contributed by atoms with Crippen molar-refractivity contribution in [2.24, 2.45) is 0 Å². The maximum atomic E-state index is 12.8. The van der Waals surface area contributed by atoms with Crippen LogP contribution in [0.25, 0.3) is 0 Å². The second-order valence-corrected chi connectivity index (χ2v) is 7.79. The van der Waals surface area contributed by atoms with Crippen LogP contribution in [0.1, 0.15) is 34.2 Å². The summed E-state index contributed by atoms with van der Waals surface area (Å²) >= 11 is 1.83.